The van der Waals surface area contributed by atoms with Gasteiger partial charge >= 0.3 is 0 Å². The van der Waals surface area contributed by atoms with Gasteiger partial charge in [0.2, 0.25) is 0 Å². The number of aromatic nitrogens is 1. The maximum atomic E-state index is 5.25. The average molecular weight is 305 g/mol. The fraction of sp³-hybridized carbons (Fsp3) is 0.625. The molecule has 0 aromatic carbocycles. The second kappa shape index (κ2) is 7.98. The number of rotatable bonds is 5. The lowest BCUT2D eigenvalue weighted by molar-refractivity contribution is 0.157. The van der Waals surface area contributed by atoms with Crippen LogP contribution in [0.1, 0.15) is 12.0 Å². The molecule has 1 N–H and O–H groups in total. The van der Waals surface area contributed by atoms with Crippen molar-refractivity contribution in [3.8, 4) is 0 Å². The highest BCUT2D eigenvalue weighted by molar-refractivity contribution is 5.80. The average Bonchev–Trinajstić information content (AvgIpc) is 2.97. The van der Waals surface area contributed by atoms with Crippen LogP contribution >= 0.6 is 0 Å². The van der Waals surface area contributed by atoms with Gasteiger partial charge in [0.05, 0.1) is 6.61 Å². The van der Waals surface area contributed by atoms with Crippen molar-refractivity contribution in [1.29, 1.82) is 0 Å². The van der Waals surface area contributed by atoms with Crippen LogP contribution in [-0.4, -0.2) is 63.8 Å². The predicted octanol–water partition coefficient (Wildman–Crippen LogP) is 1.19. The first-order valence-electron chi connectivity index (χ1n) is 7.70. The van der Waals surface area contributed by atoms with E-state index in [1.54, 1.807) is 7.11 Å². The van der Waals surface area contributed by atoms with Crippen molar-refractivity contribution in [2.75, 3.05) is 52.8 Å². The second-order valence-corrected chi connectivity index (χ2v) is 5.87. The molecule has 2 heterocycles. The van der Waals surface area contributed by atoms with E-state index < -0.39 is 0 Å². The van der Waals surface area contributed by atoms with E-state index >= 15 is 0 Å². The van der Waals surface area contributed by atoms with Crippen molar-refractivity contribution < 1.29 is 4.74 Å². The Morgan fingerprint density at radius 1 is 1.55 bits per heavy atom. The van der Waals surface area contributed by atoms with Crippen LogP contribution in [0.15, 0.2) is 23.3 Å². The van der Waals surface area contributed by atoms with Crippen LogP contribution in [0.25, 0.3) is 0 Å². The SMILES string of the molecule is CN=C(NCc1ccnc(N(C)C)c1)N1CCC(COC)C1. The van der Waals surface area contributed by atoms with Crippen LogP contribution in [0.3, 0.4) is 0 Å². The Morgan fingerprint density at radius 3 is 3.05 bits per heavy atom. The summed E-state index contributed by atoms with van der Waals surface area (Å²) in [6.07, 6.45) is 3.01. The summed E-state index contributed by atoms with van der Waals surface area (Å²) in [5.74, 6) is 2.53. The standard InChI is InChI=1S/C16H27N5O/c1-17-16(21-8-6-14(11-21)12-22-4)19-10-13-5-7-18-15(9-13)20(2)3/h5,7,9,14H,6,8,10-12H2,1-4H3,(H,17,19). The summed E-state index contributed by atoms with van der Waals surface area (Å²) in [7, 11) is 7.60. The van der Waals surface area contributed by atoms with Gasteiger partial charge in [0, 0.05) is 60.0 Å². The Morgan fingerprint density at radius 2 is 2.36 bits per heavy atom. The zero-order valence-corrected chi connectivity index (χ0v) is 14.0. The summed E-state index contributed by atoms with van der Waals surface area (Å²) in [5.41, 5.74) is 1.20. The molecule has 1 aliphatic rings. The third-order valence-electron chi connectivity index (χ3n) is 3.92. The number of aliphatic imine (C=N–C) groups is 1. The monoisotopic (exact) mass is 305 g/mol. The lowest BCUT2D eigenvalue weighted by Crippen LogP contribution is -2.39. The van der Waals surface area contributed by atoms with Crippen LogP contribution in [0, 0.1) is 5.92 Å². The first-order valence-corrected chi connectivity index (χ1v) is 7.70. The van der Waals surface area contributed by atoms with E-state index in [4.69, 9.17) is 4.74 Å². The molecule has 1 aliphatic heterocycles. The van der Waals surface area contributed by atoms with Crippen molar-refractivity contribution >= 4 is 11.8 Å². The van der Waals surface area contributed by atoms with Crippen LogP contribution in [0.2, 0.25) is 0 Å². The maximum absolute atomic E-state index is 5.25. The molecule has 0 bridgehead atoms. The molecule has 0 saturated carbocycles. The highest BCUT2D eigenvalue weighted by Gasteiger charge is 2.24. The van der Waals surface area contributed by atoms with Gasteiger partial charge < -0.3 is 19.9 Å². The highest BCUT2D eigenvalue weighted by Crippen LogP contribution is 2.16. The first-order chi connectivity index (χ1) is 10.6. The zero-order valence-electron chi connectivity index (χ0n) is 14.0. The number of ether oxygens (including phenoxy) is 1. The van der Waals surface area contributed by atoms with Crippen LogP contribution in [0.5, 0.6) is 0 Å². The number of guanidine groups is 1. The van der Waals surface area contributed by atoms with Gasteiger partial charge in [0.15, 0.2) is 5.96 Å². The molecule has 0 aliphatic carbocycles. The number of likely N-dealkylation sites (tertiary alicyclic amines) is 1. The summed E-state index contributed by atoms with van der Waals surface area (Å²) in [6.45, 7) is 3.62. The van der Waals surface area contributed by atoms with Gasteiger partial charge in [-0.05, 0) is 24.1 Å². The number of nitrogens with zero attached hydrogens (tertiary/aromatic N) is 4. The molecule has 6 nitrogen and oxygen atoms in total. The summed E-state index contributed by atoms with van der Waals surface area (Å²) in [5, 5.41) is 3.45. The van der Waals surface area contributed by atoms with Crippen LogP contribution in [-0.2, 0) is 11.3 Å². The first kappa shape index (κ1) is 16.5. The Kier molecular flexibility index (Phi) is 6.00. The quantitative estimate of drug-likeness (QED) is 0.654. The van der Waals surface area contributed by atoms with Crippen molar-refractivity contribution in [3.05, 3.63) is 23.9 Å². The van der Waals surface area contributed by atoms with Gasteiger partial charge in [0.1, 0.15) is 5.82 Å². The molecule has 0 spiro atoms. The number of hydrogen-bond donors (Lipinski definition) is 1. The normalized spacial score (nSPS) is 18.6. The number of pyridine rings is 1. The largest absolute Gasteiger partial charge is 0.384 e. The van der Waals surface area contributed by atoms with E-state index in [9.17, 15) is 0 Å². The molecule has 1 aromatic rings. The third kappa shape index (κ3) is 4.34. The molecular weight excluding hydrogens is 278 g/mol. The molecule has 2 rings (SSSR count). The maximum Gasteiger partial charge on any atom is 0.193 e. The molecule has 122 valence electrons. The minimum atomic E-state index is 0.602. The van der Waals surface area contributed by atoms with E-state index in [0.29, 0.717) is 5.92 Å². The summed E-state index contributed by atoms with van der Waals surface area (Å²) >= 11 is 0. The Hall–Kier alpha value is -1.82. The fourth-order valence-electron chi connectivity index (χ4n) is 2.73. The van der Waals surface area contributed by atoms with Gasteiger partial charge in [-0.3, -0.25) is 4.99 Å². The topological polar surface area (TPSA) is 53.0 Å². The van der Waals surface area contributed by atoms with Gasteiger partial charge in [-0.1, -0.05) is 0 Å². The van der Waals surface area contributed by atoms with E-state index in [1.807, 2.05) is 38.3 Å². The second-order valence-electron chi connectivity index (χ2n) is 5.87. The molecule has 1 fully saturated rings. The lowest BCUT2D eigenvalue weighted by atomic mass is 10.1. The van der Waals surface area contributed by atoms with Crippen molar-refractivity contribution in [1.82, 2.24) is 15.2 Å². The molecule has 1 aromatic heterocycles. The molecular formula is C16H27N5O. The summed E-state index contributed by atoms with van der Waals surface area (Å²) in [6, 6.07) is 4.13. The van der Waals surface area contributed by atoms with Crippen LogP contribution < -0.4 is 10.2 Å². The van der Waals surface area contributed by atoms with Gasteiger partial charge in [-0.2, -0.15) is 0 Å². The van der Waals surface area contributed by atoms with Crippen molar-refractivity contribution in [3.63, 3.8) is 0 Å². The number of methoxy groups -OCH3 is 1. The van der Waals surface area contributed by atoms with E-state index in [-0.39, 0.29) is 0 Å². The Labute approximate surface area is 133 Å². The van der Waals surface area contributed by atoms with Gasteiger partial charge in [0.25, 0.3) is 0 Å². The molecule has 0 amide bonds. The number of anilines is 1. The third-order valence-corrected chi connectivity index (χ3v) is 3.92. The van der Waals surface area contributed by atoms with Gasteiger partial charge in [-0.15, -0.1) is 0 Å². The summed E-state index contributed by atoms with van der Waals surface area (Å²) in [4.78, 5) is 13.1. The van der Waals surface area contributed by atoms with E-state index in [1.165, 1.54) is 5.56 Å². The molecule has 1 atom stereocenters. The zero-order chi connectivity index (χ0) is 15.9. The molecule has 0 radical (unpaired) electrons. The smallest absolute Gasteiger partial charge is 0.193 e. The fourth-order valence-corrected chi connectivity index (χ4v) is 2.73. The van der Waals surface area contributed by atoms with E-state index in [0.717, 1.165) is 44.4 Å². The lowest BCUT2D eigenvalue weighted by Gasteiger charge is -2.22. The Bertz CT molecular complexity index is 503. The van der Waals surface area contributed by atoms with Crippen molar-refractivity contribution in [2.45, 2.75) is 13.0 Å². The Balaban J connectivity index is 1.91. The minimum absolute atomic E-state index is 0.602. The van der Waals surface area contributed by atoms with Crippen LogP contribution in [0.4, 0.5) is 5.82 Å². The number of hydrogen-bond acceptors (Lipinski definition) is 4. The molecule has 6 heteroatoms. The van der Waals surface area contributed by atoms with Crippen molar-refractivity contribution in [2.24, 2.45) is 10.9 Å². The predicted molar refractivity (Wildman–Crippen MR) is 90.3 cm³/mol. The highest BCUT2D eigenvalue weighted by atomic mass is 16.5. The van der Waals surface area contributed by atoms with E-state index in [2.05, 4.69) is 26.3 Å². The van der Waals surface area contributed by atoms with Gasteiger partial charge in [-0.25, -0.2) is 4.98 Å². The minimum Gasteiger partial charge on any atom is -0.384 e. The molecule has 1 unspecified atom stereocenters. The number of nitrogens with one attached hydrogen (secondary N) is 1. The summed E-state index contributed by atoms with van der Waals surface area (Å²) < 4.78 is 5.25. The molecule has 22 heavy (non-hydrogen) atoms. The molecule has 1 saturated heterocycles.